The Morgan fingerprint density at radius 2 is 2.12 bits per heavy atom. The molecule has 17 heavy (non-hydrogen) atoms. The Kier molecular flexibility index (Phi) is 4.26. The number of benzene rings is 1. The molecule has 0 radical (unpaired) electrons. The fraction of sp³-hybridized carbons (Fsp3) is 0.571. The van der Waals surface area contributed by atoms with Gasteiger partial charge in [0.05, 0.1) is 13.2 Å². The van der Waals surface area contributed by atoms with E-state index in [9.17, 15) is 0 Å². The van der Waals surface area contributed by atoms with E-state index in [2.05, 4.69) is 25.2 Å². The van der Waals surface area contributed by atoms with Crippen molar-refractivity contribution in [3.05, 3.63) is 23.8 Å². The third-order valence-electron chi connectivity index (χ3n) is 3.11. The smallest absolute Gasteiger partial charge is 0.165 e. The van der Waals surface area contributed by atoms with Crippen LogP contribution in [0.2, 0.25) is 0 Å². The molecule has 1 aromatic rings. The normalized spacial score (nSPS) is 16.4. The fourth-order valence-electron chi connectivity index (χ4n) is 1.82. The number of rotatable bonds is 4. The van der Waals surface area contributed by atoms with E-state index < -0.39 is 0 Å². The maximum atomic E-state index is 5.78. The van der Waals surface area contributed by atoms with Gasteiger partial charge in [0, 0.05) is 24.6 Å². The lowest BCUT2D eigenvalue weighted by Crippen LogP contribution is -2.24. The van der Waals surface area contributed by atoms with E-state index in [1.807, 2.05) is 12.1 Å². The molecule has 1 N–H and O–H groups in total. The van der Waals surface area contributed by atoms with Gasteiger partial charge >= 0.3 is 0 Å². The summed E-state index contributed by atoms with van der Waals surface area (Å²) in [4.78, 5) is 0. The highest BCUT2D eigenvalue weighted by molar-refractivity contribution is 5.47. The summed E-state index contributed by atoms with van der Waals surface area (Å²) >= 11 is 0. The van der Waals surface area contributed by atoms with Gasteiger partial charge in [-0.2, -0.15) is 0 Å². The Labute approximate surface area is 103 Å². The average Bonchev–Trinajstić information content (AvgIpc) is 2.61. The lowest BCUT2D eigenvalue weighted by Gasteiger charge is -2.15. The van der Waals surface area contributed by atoms with Gasteiger partial charge in [-0.3, -0.25) is 0 Å². The van der Waals surface area contributed by atoms with Crippen LogP contribution >= 0.6 is 0 Å². The summed E-state index contributed by atoms with van der Waals surface area (Å²) in [5.41, 5.74) is 1.18. The predicted octanol–water partition coefficient (Wildman–Crippen LogP) is 2.74. The second-order valence-corrected chi connectivity index (χ2v) is 4.49. The quantitative estimate of drug-likeness (QED) is 0.870. The molecule has 0 saturated heterocycles. The molecule has 0 fully saturated rings. The molecule has 1 aliphatic heterocycles. The molecule has 0 bridgehead atoms. The minimum absolute atomic E-state index is 0.526. The molecular formula is C14H21NO2. The van der Waals surface area contributed by atoms with E-state index in [1.165, 1.54) is 5.56 Å². The van der Waals surface area contributed by atoms with Crippen molar-refractivity contribution in [1.82, 2.24) is 5.32 Å². The minimum Gasteiger partial charge on any atom is -0.490 e. The summed E-state index contributed by atoms with van der Waals surface area (Å²) in [5.74, 6) is 1.80. The van der Waals surface area contributed by atoms with Crippen LogP contribution in [-0.4, -0.2) is 19.3 Å². The van der Waals surface area contributed by atoms with E-state index >= 15 is 0 Å². The predicted molar refractivity (Wildman–Crippen MR) is 68.6 cm³/mol. The second kappa shape index (κ2) is 5.92. The van der Waals surface area contributed by atoms with Crippen LogP contribution in [0, 0.1) is 0 Å². The first-order chi connectivity index (χ1) is 8.31. The molecule has 3 nitrogen and oxygen atoms in total. The number of hydrogen-bond acceptors (Lipinski definition) is 3. The van der Waals surface area contributed by atoms with Crippen molar-refractivity contribution in [3.63, 3.8) is 0 Å². The van der Waals surface area contributed by atoms with Crippen LogP contribution in [-0.2, 0) is 6.54 Å². The Bertz CT molecular complexity index is 365. The highest BCUT2D eigenvalue weighted by Gasteiger charge is 2.14. The van der Waals surface area contributed by atoms with Gasteiger partial charge in [-0.25, -0.2) is 0 Å². The molecule has 1 heterocycles. The summed E-state index contributed by atoms with van der Waals surface area (Å²) < 4.78 is 11.4. The van der Waals surface area contributed by atoms with E-state index in [-0.39, 0.29) is 0 Å². The van der Waals surface area contributed by atoms with Gasteiger partial charge in [0.25, 0.3) is 0 Å². The van der Waals surface area contributed by atoms with Gasteiger partial charge in [-0.1, -0.05) is 19.1 Å². The van der Waals surface area contributed by atoms with Crippen molar-refractivity contribution in [2.24, 2.45) is 0 Å². The van der Waals surface area contributed by atoms with Crippen LogP contribution in [0.1, 0.15) is 32.3 Å². The van der Waals surface area contributed by atoms with Gasteiger partial charge in [-0.05, 0) is 19.4 Å². The van der Waals surface area contributed by atoms with Crippen LogP contribution in [0.3, 0.4) is 0 Å². The maximum absolute atomic E-state index is 5.78. The molecule has 1 aromatic carbocycles. The summed E-state index contributed by atoms with van der Waals surface area (Å²) in [5, 5.41) is 3.48. The topological polar surface area (TPSA) is 30.5 Å². The Morgan fingerprint density at radius 3 is 2.94 bits per heavy atom. The van der Waals surface area contributed by atoms with Crippen molar-refractivity contribution in [1.29, 1.82) is 0 Å². The monoisotopic (exact) mass is 235 g/mol. The fourth-order valence-corrected chi connectivity index (χ4v) is 1.82. The zero-order chi connectivity index (χ0) is 12.1. The molecule has 0 aromatic heterocycles. The Hall–Kier alpha value is -1.22. The molecule has 1 unspecified atom stereocenters. The van der Waals surface area contributed by atoms with Crippen LogP contribution in [0.15, 0.2) is 18.2 Å². The second-order valence-electron chi connectivity index (χ2n) is 4.49. The van der Waals surface area contributed by atoms with Crippen LogP contribution in [0.4, 0.5) is 0 Å². The molecule has 0 aliphatic carbocycles. The van der Waals surface area contributed by atoms with Gasteiger partial charge in [0.2, 0.25) is 0 Å². The molecule has 0 saturated carbocycles. The maximum Gasteiger partial charge on any atom is 0.165 e. The third-order valence-corrected chi connectivity index (χ3v) is 3.11. The average molecular weight is 235 g/mol. The highest BCUT2D eigenvalue weighted by Crippen LogP contribution is 2.33. The summed E-state index contributed by atoms with van der Waals surface area (Å²) in [6, 6.07) is 6.63. The lowest BCUT2D eigenvalue weighted by atomic mass is 10.1. The molecule has 0 spiro atoms. The molecule has 0 amide bonds. The standard InChI is InChI=1S/C14H21NO2/c1-3-11(2)15-10-12-6-4-7-13-14(12)17-9-5-8-16-13/h4,6-7,11,15H,3,5,8-10H2,1-2H3. The van der Waals surface area contributed by atoms with Gasteiger partial charge < -0.3 is 14.8 Å². The SMILES string of the molecule is CCC(C)NCc1cccc2c1OCCCO2. The first-order valence-corrected chi connectivity index (χ1v) is 6.42. The van der Waals surface area contributed by atoms with E-state index in [0.29, 0.717) is 6.04 Å². The minimum atomic E-state index is 0.526. The molecule has 2 rings (SSSR count). The summed E-state index contributed by atoms with van der Waals surface area (Å²) in [6.07, 6.45) is 2.08. The number of hydrogen-bond donors (Lipinski definition) is 1. The Balaban J connectivity index is 2.11. The molecule has 1 aliphatic rings. The third kappa shape index (κ3) is 3.13. The van der Waals surface area contributed by atoms with Crippen molar-refractivity contribution in [2.45, 2.75) is 39.3 Å². The summed E-state index contributed by atoms with van der Waals surface area (Å²) in [6.45, 7) is 6.70. The van der Waals surface area contributed by atoms with Crippen molar-refractivity contribution < 1.29 is 9.47 Å². The highest BCUT2D eigenvalue weighted by atomic mass is 16.5. The first kappa shape index (κ1) is 12.2. The Morgan fingerprint density at radius 1 is 1.29 bits per heavy atom. The number of ether oxygens (including phenoxy) is 2. The zero-order valence-corrected chi connectivity index (χ0v) is 10.7. The number of para-hydroxylation sites is 1. The van der Waals surface area contributed by atoms with E-state index in [4.69, 9.17) is 9.47 Å². The number of nitrogens with one attached hydrogen (secondary N) is 1. The molecular weight excluding hydrogens is 214 g/mol. The van der Waals surface area contributed by atoms with E-state index in [1.54, 1.807) is 0 Å². The molecule has 3 heteroatoms. The van der Waals surface area contributed by atoms with Gasteiger partial charge in [0.15, 0.2) is 11.5 Å². The van der Waals surface area contributed by atoms with Crippen LogP contribution < -0.4 is 14.8 Å². The van der Waals surface area contributed by atoms with Crippen molar-refractivity contribution >= 4 is 0 Å². The largest absolute Gasteiger partial charge is 0.490 e. The first-order valence-electron chi connectivity index (χ1n) is 6.42. The number of fused-ring (bicyclic) bond motifs is 1. The van der Waals surface area contributed by atoms with Crippen LogP contribution in [0.25, 0.3) is 0 Å². The van der Waals surface area contributed by atoms with Crippen molar-refractivity contribution in [3.8, 4) is 11.5 Å². The lowest BCUT2D eigenvalue weighted by molar-refractivity contribution is 0.295. The van der Waals surface area contributed by atoms with Gasteiger partial charge in [0.1, 0.15) is 0 Å². The molecule has 1 atom stereocenters. The van der Waals surface area contributed by atoms with Crippen LogP contribution in [0.5, 0.6) is 11.5 Å². The zero-order valence-electron chi connectivity index (χ0n) is 10.7. The summed E-state index contributed by atoms with van der Waals surface area (Å²) in [7, 11) is 0. The van der Waals surface area contributed by atoms with Gasteiger partial charge in [-0.15, -0.1) is 0 Å². The van der Waals surface area contributed by atoms with E-state index in [0.717, 1.165) is 44.1 Å². The van der Waals surface area contributed by atoms with Crippen molar-refractivity contribution in [2.75, 3.05) is 13.2 Å². The molecule has 94 valence electrons.